The van der Waals surface area contributed by atoms with E-state index in [1.165, 1.54) is 36.8 Å². The van der Waals surface area contributed by atoms with E-state index < -0.39 is 0 Å². The molecule has 1 saturated heterocycles. The lowest BCUT2D eigenvalue weighted by molar-refractivity contribution is 0.147. The normalized spacial score (nSPS) is 38.4. The molecule has 2 aromatic rings. The van der Waals surface area contributed by atoms with E-state index in [0.717, 1.165) is 59.6 Å². The van der Waals surface area contributed by atoms with Crippen molar-refractivity contribution in [3.63, 3.8) is 0 Å². The number of hydrogen-bond donors (Lipinski definition) is 0. The standard InChI is InChI=1S/C10H14O.C10H14.2C8H10O/c1-2-6-3-5(1)7-4-8-10(11-8)9(6)7;1-2-9-7-4-5-8(6-7)10(9)3-1;2*1-9-7-8-5-3-2-4-6-8/h5-10H,1-4H2;1-2,7-10H,3-6H2;2*2-6H,7H2,1H3. The largest absolute Gasteiger partial charge is 0.380 e. The van der Waals surface area contributed by atoms with Crippen LogP contribution in [0.2, 0.25) is 0 Å². The highest BCUT2D eigenvalue weighted by Gasteiger charge is 2.64. The third-order valence-corrected chi connectivity index (χ3v) is 10.9. The maximum Gasteiger partial charge on any atom is 0.0875 e. The summed E-state index contributed by atoms with van der Waals surface area (Å²) in [7, 11) is 3.40. The van der Waals surface area contributed by atoms with Crippen molar-refractivity contribution < 1.29 is 14.2 Å². The first-order valence-corrected chi connectivity index (χ1v) is 15.6. The third-order valence-electron chi connectivity index (χ3n) is 10.9. The van der Waals surface area contributed by atoms with Gasteiger partial charge in [-0.15, -0.1) is 0 Å². The molecule has 1 aliphatic heterocycles. The molecule has 210 valence electrons. The summed E-state index contributed by atoms with van der Waals surface area (Å²) >= 11 is 0. The van der Waals surface area contributed by atoms with Gasteiger partial charge in [-0.1, -0.05) is 72.8 Å². The predicted molar refractivity (Wildman–Crippen MR) is 157 cm³/mol. The van der Waals surface area contributed by atoms with Crippen molar-refractivity contribution in [1.82, 2.24) is 0 Å². The van der Waals surface area contributed by atoms with Crippen molar-refractivity contribution in [3.8, 4) is 0 Å². The van der Waals surface area contributed by atoms with Gasteiger partial charge in [0.05, 0.1) is 25.4 Å². The molecule has 3 nitrogen and oxygen atoms in total. The Labute approximate surface area is 236 Å². The Hall–Kier alpha value is -1.94. The summed E-state index contributed by atoms with van der Waals surface area (Å²) < 4.78 is 15.5. The minimum absolute atomic E-state index is 0.709. The van der Waals surface area contributed by atoms with E-state index in [0.29, 0.717) is 13.2 Å². The molecule has 0 N–H and O–H groups in total. The van der Waals surface area contributed by atoms with E-state index in [1.807, 2.05) is 60.7 Å². The number of hydrogen-bond acceptors (Lipinski definition) is 3. The molecule has 10 atom stereocenters. The minimum atomic E-state index is 0.709. The molecule has 6 aliphatic carbocycles. The van der Waals surface area contributed by atoms with Crippen LogP contribution in [0.3, 0.4) is 0 Å². The molecule has 0 aromatic heterocycles. The smallest absolute Gasteiger partial charge is 0.0875 e. The molecular formula is C36H48O3. The summed E-state index contributed by atoms with van der Waals surface area (Å²) in [5.41, 5.74) is 2.44. The molecule has 10 unspecified atom stereocenters. The molecule has 0 radical (unpaired) electrons. The molecule has 4 bridgehead atoms. The number of methoxy groups -OCH3 is 2. The number of epoxide rings is 1. The first-order valence-electron chi connectivity index (χ1n) is 15.6. The Balaban J connectivity index is 0.0000000952. The van der Waals surface area contributed by atoms with Gasteiger partial charge in [0, 0.05) is 14.2 Å². The number of ether oxygens (including phenoxy) is 3. The second-order valence-electron chi connectivity index (χ2n) is 13.0. The van der Waals surface area contributed by atoms with Crippen molar-refractivity contribution in [1.29, 1.82) is 0 Å². The van der Waals surface area contributed by atoms with Crippen molar-refractivity contribution in [2.24, 2.45) is 47.3 Å². The van der Waals surface area contributed by atoms with E-state index >= 15 is 0 Å². The van der Waals surface area contributed by atoms with Gasteiger partial charge < -0.3 is 14.2 Å². The lowest BCUT2D eigenvalue weighted by atomic mass is 9.81. The Kier molecular flexibility index (Phi) is 8.88. The summed E-state index contributed by atoms with van der Waals surface area (Å²) in [5.74, 6) is 8.70. The van der Waals surface area contributed by atoms with Crippen LogP contribution < -0.4 is 0 Å². The van der Waals surface area contributed by atoms with Gasteiger partial charge in [0.25, 0.3) is 0 Å². The summed E-state index contributed by atoms with van der Waals surface area (Å²) in [6.45, 7) is 1.42. The summed E-state index contributed by atoms with van der Waals surface area (Å²) in [4.78, 5) is 0. The van der Waals surface area contributed by atoms with Gasteiger partial charge in [0.2, 0.25) is 0 Å². The zero-order valence-corrected chi connectivity index (χ0v) is 24.0. The van der Waals surface area contributed by atoms with Crippen LogP contribution in [0.1, 0.15) is 62.5 Å². The fourth-order valence-electron chi connectivity index (χ4n) is 9.25. The second kappa shape index (κ2) is 12.7. The molecule has 6 fully saturated rings. The molecule has 39 heavy (non-hydrogen) atoms. The number of fused-ring (bicyclic) bond motifs is 12. The zero-order valence-electron chi connectivity index (χ0n) is 24.0. The fraction of sp³-hybridized carbons (Fsp3) is 0.611. The zero-order chi connectivity index (χ0) is 26.6. The average molecular weight is 529 g/mol. The maximum absolute atomic E-state index is 5.62. The van der Waals surface area contributed by atoms with Crippen molar-refractivity contribution in [2.45, 2.75) is 76.8 Å². The van der Waals surface area contributed by atoms with Gasteiger partial charge in [-0.25, -0.2) is 0 Å². The molecule has 3 heteroatoms. The monoisotopic (exact) mass is 528 g/mol. The molecule has 2 aromatic carbocycles. The van der Waals surface area contributed by atoms with Crippen molar-refractivity contribution >= 4 is 0 Å². The lowest BCUT2D eigenvalue weighted by Gasteiger charge is -2.25. The number of allylic oxidation sites excluding steroid dienone is 2. The van der Waals surface area contributed by atoms with Crippen LogP contribution in [0.4, 0.5) is 0 Å². The molecule has 0 amide bonds. The minimum Gasteiger partial charge on any atom is -0.380 e. The quantitative estimate of drug-likeness (QED) is 0.297. The van der Waals surface area contributed by atoms with Crippen molar-refractivity contribution in [2.75, 3.05) is 14.2 Å². The summed E-state index contributed by atoms with van der Waals surface area (Å²) in [6.07, 6.45) is 18.5. The van der Waals surface area contributed by atoms with E-state index in [4.69, 9.17) is 14.2 Å². The summed E-state index contributed by atoms with van der Waals surface area (Å²) in [6, 6.07) is 20.2. The third kappa shape index (κ3) is 6.21. The van der Waals surface area contributed by atoms with Gasteiger partial charge in [-0.05, 0) is 110 Å². The highest BCUT2D eigenvalue weighted by Crippen LogP contribution is 2.64. The van der Waals surface area contributed by atoms with Crippen LogP contribution in [0.15, 0.2) is 72.8 Å². The van der Waals surface area contributed by atoms with Gasteiger partial charge in [-0.2, -0.15) is 0 Å². The Morgan fingerprint density at radius 3 is 1.82 bits per heavy atom. The van der Waals surface area contributed by atoms with Gasteiger partial charge >= 0.3 is 0 Å². The first kappa shape index (κ1) is 27.2. The molecule has 5 saturated carbocycles. The fourth-order valence-corrected chi connectivity index (χ4v) is 9.25. The van der Waals surface area contributed by atoms with Crippen molar-refractivity contribution in [3.05, 3.63) is 83.9 Å². The van der Waals surface area contributed by atoms with E-state index in [-0.39, 0.29) is 0 Å². The number of benzene rings is 2. The van der Waals surface area contributed by atoms with E-state index in [9.17, 15) is 0 Å². The average Bonchev–Trinajstić information content (AvgIpc) is 3.66. The predicted octanol–water partition coefficient (Wildman–Crippen LogP) is 8.09. The van der Waals surface area contributed by atoms with Gasteiger partial charge in [0.1, 0.15) is 0 Å². The SMILES string of the molecule is C1=CC2C3CCC(C3)C2C1.C1CC2CC1C1CC3OC3C21.COCc1ccccc1.COCc1ccccc1. The molecular weight excluding hydrogens is 480 g/mol. The highest BCUT2D eigenvalue weighted by atomic mass is 16.6. The van der Waals surface area contributed by atoms with Crippen LogP contribution >= 0.6 is 0 Å². The lowest BCUT2D eigenvalue weighted by Crippen LogP contribution is -2.22. The van der Waals surface area contributed by atoms with Gasteiger partial charge in [-0.3, -0.25) is 0 Å². The topological polar surface area (TPSA) is 31.0 Å². The molecule has 9 rings (SSSR count). The Morgan fingerprint density at radius 2 is 1.23 bits per heavy atom. The summed E-state index contributed by atoms with van der Waals surface area (Å²) in [5, 5.41) is 0. The second-order valence-corrected chi connectivity index (χ2v) is 13.0. The van der Waals surface area contributed by atoms with Crippen LogP contribution in [0.25, 0.3) is 0 Å². The molecule has 0 spiro atoms. The molecule has 7 aliphatic rings. The van der Waals surface area contributed by atoms with Crippen LogP contribution in [-0.2, 0) is 27.4 Å². The number of rotatable bonds is 4. The molecule has 1 heterocycles. The maximum atomic E-state index is 5.62. The Bertz CT molecular complexity index is 1010. The van der Waals surface area contributed by atoms with Crippen LogP contribution in [-0.4, -0.2) is 26.4 Å². The van der Waals surface area contributed by atoms with Crippen LogP contribution in [0.5, 0.6) is 0 Å². The van der Waals surface area contributed by atoms with Gasteiger partial charge in [0.15, 0.2) is 0 Å². The highest BCUT2D eigenvalue weighted by molar-refractivity contribution is 5.15. The first-order chi connectivity index (χ1) is 19.2. The Morgan fingerprint density at radius 1 is 0.667 bits per heavy atom. The van der Waals surface area contributed by atoms with E-state index in [1.54, 1.807) is 39.9 Å². The van der Waals surface area contributed by atoms with E-state index in [2.05, 4.69) is 12.2 Å². The van der Waals surface area contributed by atoms with Crippen LogP contribution in [0, 0.1) is 47.3 Å².